The zero-order valence-corrected chi connectivity index (χ0v) is 11.2. The van der Waals surface area contributed by atoms with E-state index >= 15 is 0 Å². The first-order valence-corrected chi connectivity index (χ1v) is 5.62. The maximum absolute atomic E-state index is 5.20. The van der Waals surface area contributed by atoms with Crippen LogP contribution in [0.1, 0.15) is 38.1 Å². The van der Waals surface area contributed by atoms with E-state index < -0.39 is 0 Å². The molecule has 1 aromatic rings. The number of rotatable bonds is 5. The Bertz CT molecular complexity index is 344. The summed E-state index contributed by atoms with van der Waals surface area (Å²) in [5.41, 5.74) is 2.41. The molecule has 16 heavy (non-hydrogen) atoms. The fourth-order valence-electron chi connectivity index (χ4n) is 2.01. The van der Waals surface area contributed by atoms with Crippen LogP contribution >= 0.6 is 0 Å². The summed E-state index contributed by atoms with van der Waals surface area (Å²) < 4.78 is 7.10. The zero-order chi connectivity index (χ0) is 12.3. The van der Waals surface area contributed by atoms with E-state index in [1.54, 1.807) is 7.11 Å². The fourth-order valence-corrected chi connectivity index (χ4v) is 2.01. The molecule has 92 valence electrons. The van der Waals surface area contributed by atoms with Crippen LogP contribution < -0.4 is 5.32 Å². The van der Waals surface area contributed by atoms with Gasteiger partial charge in [0.15, 0.2) is 0 Å². The number of hydrogen-bond acceptors (Lipinski definition) is 3. The summed E-state index contributed by atoms with van der Waals surface area (Å²) in [6, 6.07) is 0.277. The lowest BCUT2D eigenvalue weighted by Crippen LogP contribution is -2.44. The van der Waals surface area contributed by atoms with Crippen molar-refractivity contribution < 1.29 is 4.74 Å². The third kappa shape index (κ3) is 3.06. The van der Waals surface area contributed by atoms with Crippen molar-refractivity contribution in [2.24, 2.45) is 7.05 Å². The minimum atomic E-state index is -0.0313. The molecule has 1 atom stereocenters. The Hall–Kier alpha value is -0.870. The van der Waals surface area contributed by atoms with Gasteiger partial charge in [0, 0.05) is 37.0 Å². The SMILES string of the molecule is COCC(C)(C)NC(C)c1cnn(C)c1C. The predicted molar refractivity (Wildman–Crippen MR) is 65.5 cm³/mol. The molecule has 4 heteroatoms. The molecule has 0 aliphatic carbocycles. The number of ether oxygens (including phenoxy) is 1. The Morgan fingerprint density at radius 3 is 2.62 bits per heavy atom. The molecule has 1 rings (SSSR count). The summed E-state index contributed by atoms with van der Waals surface area (Å²) in [5, 5.41) is 7.81. The van der Waals surface area contributed by atoms with Crippen molar-refractivity contribution in [1.82, 2.24) is 15.1 Å². The van der Waals surface area contributed by atoms with Crippen LogP contribution in [-0.2, 0) is 11.8 Å². The Morgan fingerprint density at radius 1 is 1.56 bits per heavy atom. The highest BCUT2D eigenvalue weighted by molar-refractivity contribution is 5.20. The van der Waals surface area contributed by atoms with Crippen LogP contribution in [0.15, 0.2) is 6.20 Å². The Morgan fingerprint density at radius 2 is 2.19 bits per heavy atom. The summed E-state index contributed by atoms with van der Waals surface area (Å²) in [7, 11) is 3.69. The molecule has 4 nitrogen and oxygen atoms in total. The largest absolute Gasteiger partial charge is 0.383 e. The van der Waals surface area contributed by atoms with Crippen LogP contribution in [0.4, 0.5) is 0 Å². The summed E-state index contributed by atoms with van der Waals surface area (Å²) in [5.74, 6) is 0. The van der Waals surface area contributed by atoms with Crippen molar-refractivity contribution in [3.05, 3.63) is 17.5 Å². The molecular formula is C12H23N3O. The lowest BCUT2D eigenvalue weighted by Gasteiger charge is -2.29. The second kappa shape index (κ2) is 4.97. The van der Waals surface area contributed by atoms with Gasteiger partial charge in [0.2, 0.25) is 0 Å². The van der Waals surface area contributed by atoms with Crippen LogP contribution in [0.3, 0.4) is 0 Å². The van der Waals surface area contributed by atoms with Gasteiger partial charge in [0.1, 0.15) is 0 Å². The molecular weight excluding hydrogens is 202 g/mol. The minimum Gasteiger partial charge on any atom is -0.383 e. The number of aryl methyl sites for hydroxylation is 1. The smallest absolute Gasteiger partial charge is 0.0639 e. The molecule has 0 bridgehead atoms. The van der Waals surface area contributed by atoms with Crippen LogP contribution in [-0.4, -0.2) is 29.0 Å². The van der Waals surface area contributed by atoms with E-state index in [0.29, 0.717) is 6.61 Å². The second-order valence-corrected chi connectivity index (χ2v) is 4.99. The van der Waals surface area contributed by atoms with Crippen molar-refractivity contribution in [1.29, 1.82) is 0 Å². The molecule has 1 aromatic heterocycles. The quantitative estimate of drug-likeness (QED) is 0.830. The van der Waals surface area contributed by atoms with E-state index in [1.165, 1.54) is 11.3 Å². The molecule has 0 aliphatic heterocycles. The lowest BCUT2D eigenvalue weighted by molar-refractivity contribution is 0.122. The van der Waals surface area contributed by atoms with E-state index in [-0.39, 0.29) is 11.6 Å². The topological polar surface area (TPSA) is 39.1 Å². The van der Waals surface area contributed by atoms with E-state index in [2.05, 4.69) is 38.1 Å². The van der Waals surface area contributed by atoms with Gasteiger partial charge >= 0.3 is 0 Å². The molecule has 0 aliphatic rings. The Kier molecular flexibility index (Phi) is 4.10. The Labute approximate surface area is 98.0 Å². The summed E-state index contributed by atoms with van der Waals surface area (Å²) in [4.78, 5) is 0. The first-order valence-electron chi connectivity index (χ1n) is 5.62. The highest BCUT2D eigenvalue weighted by atomic mass is 16.5. The van der Waals surface area contributed by atoms with E-state index in [9.17, 15) is 0 Å². The molecule has 0 aromatic carbocycles. The maximum atomic E-state index is 5.20. The molecule has 0 saturated carbocycles. The third-order valence-corrected chi connectivity index (χ3v) is 2.85. The van der Waals surface area contributed by atoms with Gasteiger partial charge in [-0.3, -0.25) is 4.68 Å². The van der Waals surface area contributed by atoms with Gasteiger partial charge in [0.25, 0.3) is 0 Å². The van der Waals surface area contributed by atoms with Gasteiger partial charge in [0.05, 0.1) is 12.8 Å². The van der Waals surface area contributed by atoms with Crippen LogP contribution in [0.2, 0.25) is 0 Å². The number of hydrogen-bond donors (Lipinski definition) is 1. The Balaban J connectivity index is 2.72. The molecule has 0 amide bonds. The summed E-state index contributed by atoms with van der Waals surface area (Å²) in [6.45, 7) is 9.21. The first-order chi connectivity index (χ1) is 7.37. The van der Waals surface area contributed by atoms with Crippen molar-refractivity contribution in [3.8, 4) is 0 Å². The number of nitrogens with one attached hydrogen (secondary N) is 1. The van der Waals surface area contributed by atoms with Gasteiger partial charge in [-0.1, -0.05) is 0 Å². The molecule has 0 radical (unpaired) electrons. The van der Waals surface area contributed by atoms with Gasteiger partial charge in [-0.05, 0) is 27.7 Å². The molecule has 1 heterocycles. The van der Waals surface area contributed by atoms with E-state index in [0.717, 1.165) is 0 Å². The summed E-state index contributed by atoms with van der Waals surface area (Å²) >= 11 is 0. The van der Waals surface area contributed by atoms with Crippen molar-refractivity contribution in [3.63, 3.8) is 0 Å². The number of nitrogens with zero attached hydrogens (tertiary/aromatic N) is 2. The highest BCUT2D eigenvalue weighted by Gasteiger charge is 2.22. The number of aromatic nitrogens is 2. The third-order valence-electron chi connectivity index (χ3n) is 2.85. The average Bonchev–Trinajstić information content (AvgIpc) is 2.46. The predicted octanol–water partition coefficient (Wildman–Crippen LogP) is 1.80. The highest BCUT2D eigenvalue weighted by Crippen LogP contribution is 2.19. The second-order valence-electron chi connectivity index (χ2n) is 4.99. The van der Waals surface area contributed by atoms with Crippen LogP contribution in [0, 0.1) is 6.92 Å². The maximum Gasteiger partial charge on any atom is 0.0639 e. The molecule has 0 spiro atoms. The fraction of sp³-hybridized carbons (Fsp3) is 0.750. The van der Waals surface area contributed by atoms with Gasteiger partial charge < -0.3 is 10.1 Å². The number of methoxy groups -OCH3 is 1. The molecule has 0 saturated heterocycles. The van der Waals surface area contributed by atoms with E-state index in [4.69, 9.17) is 4.74 Å². The minimum absolute atomic E-state index is 0.0313. The average molecular weight is 225 g/mol. The van der Waals surface area contributed by atoms with E-state index in [1.807, 2.05) is 17.9 Å². The summed E-state index contributed by atoms with van der Waals surface area (Å²) in [6.07, 6.45) is 1.93. The van der Waals surface area contributed by atoms with Crippen LogP contribution in [0.25, 0.3) is 0 Å². The molecule has 1 N–H and O–H groups in total. The lowest BCUT2D eigenvalue weighted by atomic mass is 10.0. The van der Waals surface area contributed by atoms with Crippen molar-refractivity contribution in [2.75, 3.05) is 13.7 Å². The monoisotopic (exact) mass is 225 g/mol. The van der Waals surface area contributed by atoms with Crippen LogP contribution in [0.5, 0.6) is 0 Å². The van der Waals surface area contributed by atoms with Gasteiger partial charge in [-0.2, -0.15) is 5.10 Å². The first kappa shape index (κ1) is 13.2. The normalized spacial score (nSPS) is 14.1. The standard InChI is InChI=1S/C12H23N3O/c1-9(14-12(3,4)8-16-6)11-7-13-15(5)10(11)2/h7,9,14H,8H2,1-6H3. The van der Waals surface area contributed by atoms with Gasteiger partial charge in [-0.25, -0.2) is 0 Å². The van der Waals surface area contributed by atoms with Gasteiger partial charge in [-0.15, -0.1) is 0 Å². The zero-order valence-electron chi connectivity index (χ0n) is 11.2. The molecule has 0 fully saturated rings. The van der Waals surface area contributed by atoms with Crippen molar-refractivity contribution >= 4 is 0 Å². The molecule has 1 unspecified atom stereocenters. The van der Waals surface area contributed by atoms with Crippen molar-refractivity contribution in [2.45, 2.75) is 39.3 Å².